The summed E-state index contributed by atoms with van der Waals surface area (Å²) < 4.78 is 4.59. The van der Waals surface area contributed by atoms with Crippen LogP contribution in [0.5, 0.6) is 0 Å². The van der Waals surface area contributed by atoms with Gasteiger partial charge in [0.05, 0.1) is 12.7 Å². The zero-order valence-electron chi connectivity index (χ0n) is 11.6. The van der Waals surface area contributed by atoms with Crippen molar-refractivity contribution in [2.75, 3.05) is 7.11 Å². The third-order valence-electron chi connectivity index (χ3n) is 2.43. The van der Waals surface area contributed by atoms with Gasteiger partial charge in [-0.15, -0.1) is 0 Å². The molecule has 0 saturated heterocycles. The van der Waals surface area contributed by atoms with Gasteiger partial charge in [-0.3, -0.25) is 4.79 Å². The molecule has 0 radical (unpaired) electrons. The molecule has 0 aliphatic heterocycles. The van der Waals surface area contributed by atoms with E-state index in [4.69, 9.17) is 5.26 Å². The minimum atomic E-state index is -0.432. The second-order valence-corrected chi connectivity index (χ2v) is 4.41. The molecule has 1 N–H and O–H groups in total. The number of carbonyl (C=O) groups is 2. The van der Waals surface area contributed by atoms with Crippen molar-refractivity contribution in [3.63, 3.8) is 0 Å². The Bertz CT molecular complexity index is 566. The Morgan fingerprint density at radius 1 is 1.30 bits per heavy atom. The Labute approximate surface area is 117 Å². The predicted octanol–water partition coefficient (Wildman–Crippen LogP) is 1.90. The van der Waals surface area contributed by atoms with E-state index in [9.17, 15) is 9.59 Å². The van der Waals surface area contributed by atoms with E-state index in [1.54, 1.807) is 24.3 Å². The lowest BCUT2D eigenvalue weighted by Crippen LogP contribution is -2.30. The molecule has 20 heavy (non-hydrogen) atoms. The van der Waals surface area contributed by atoms with Gasteiger partial charge in [0.1, 0.15) is 11.6 Å². The first-order valence-electron chi connectivity index (χ1n) is 6.09. The predicted molar refractivity (Wildman–Crippen MR) is 74.7 cm³/mol. The summed E-state index contributed by atoms with van der Waals surface area (Å²) in [5, 5.41) is 11.6. The molecule has 0 atom stereocenters. The summed E-state index contributed by atoms with van der Waals surface area (Å²) in [6.07, 6.45) is 1.47. The van der Waals surface area contributed by atoms with E-state index in [2.05, 4.69) is 10.1 Å². The lowest BCUT2D eigenvalue weighted by atomic mass is 10.1. The zero-order chi connectivity index (χ0) is 15.1. The van der Waals surface area contributed by atoms with Crippen LogP contribution in [0.15, 0.2) is 29.8 Å². The number of rotatable bonds is 4. The van der Waals surface area contributed by atoms with Crippen LogP contribution in [0.2, 0.25) is 0 Å². The van der Waals surface area contributed by atoms with E-state index in [1.165, 1.54) is 13.2 Å². The standard InChI is InChI=1S/C15H16N2O3/c1-10(2)17-14(18)13(9-16)8-11-4-6-12(7-5-11)15(19)20-3/h4-8,10H,1-3H3,(H,17,18)/b13-8-. The van der Waals surface area contributed by atoms with Gasteiger partial charge in [0.25, 0.3) is 5.91 Å². The SMILES string of the molecule is COC(=O)c1ccc(/C=C(/C#N)C(=O)NC(C)C)cc1. The molecule has 1 amide bonds. The highest BCUT2D eigenvalue weighted by molar-refractivity contribution is 6.01. The summed E-state index contributed by atoms with van der Waals surface area (Å²) in [6.45, 7) is 3.64. The monoisotopic (exact) mass is 272 g/mol. The van der Waals surface area contributed by atoms with E-state index in [0.717, 1.165) is 0 Å². The minimum absolute atomic E-state index is 0.0181. The molecule has 0 aliphatic rings. The van der Waals surface area contributed by atoms with Gasteiger partial charge < -0.3 is 10.1 Å². The van der Waals surface area contributed by atoms with Gasteiger partial charge in [-0.2, -0.15) is 5.26 Å². The van der Waals surface area contributed by atoms with E-state index >= 15 is 0 Å². The summed E-state index contributed by atoms with van der Waals surface area (Å²) in [5.74, 6) is -0.849. The van der Waals surface area contributed by atoms with Crippen molar-refractivity contribution in [3.8, 4) is 6.07 Å². The van der Waals surface area contributed by atoms with Crippen LogP contribution < -0.4 is 5.32 Å². The first kappa shape index (κ1) is 15.4. The van der Waals surface area contributed by atoms with Gasteiger partial charge in [0.2, 0.25) is 0 Å². The largest absolute Gasteiger partial charge is 0.465 e. The Kier molecular flexibility index (Phi) is 5.48. The van der Waals surface area contributed by atoms with Crippen molar-refractivity contribution in [2.45, 2.75) is 19.9 Å². The number of benzene rings is 1. The maximum atomic E-state index is 11.7. The van der Waals surface area contributed by atoms with Crippen LogP contribution in [-0.4, -0.2) is 25.0 Å². The number of carbonyl (C=O) groups excluding carboxylic acids is 2. The molecule has 0 aromatic heterocycles. The highest BCUT2D eigenvalue weighted by Crippen LogP contribution is 2.10. The number of methoxy groups -OCH3 is 1. The number of esters is 1. The summed E-state index contributed by atoms with van der Waals surface area (Å²) in [7, 11) is 1.31. The van der Waals surface area contributed by atoms with E-state index < -0.39 is 11.9 Å². The van der Waals surface area contributed by atoms with Crippen LogP contribution in [0.1, 0.15) is 29.8 Å². The van der Waals surface area contributed by atoms with Crippen LogP contribution in [0, 0.1) is 11.3 Å². The van der Waals surface area contributed by atoms with Crippen molar-refractivity contribution in [2.24, 2.45) is 0 Å². The molecule has 0 saturated carbocycles. The Morgan fingerprint density at radius 3 is 2.35 bits per heavy atom. The molecule has 0 fully saturated rings. The summed E-state index contributed by atoms with van der Waals surface area (Å²) in [6, 6.07) is 8.26. The van der Waals surface area contributed by atoms with Gasteiger partial charge in [-0.25, -0.2) is 4.79 Å². The molecule has 1 rings (SSSR count). The van der Waals surface area contributed by atoms with Crippen LogP contribution in [0.25, 0.3) is 6.08 Å². The maximum Gasteiger partial charge on any atom is 0.337 e. The van der Waals surface area contributed by atoms with Crippen molar-refractivity contribution < 1.29 is 14.3 Å². The fourth-order valence-electron chi connectivity index (χ4n) is 1.49. The number of nitrogens with zero attached hydrogens (tertiary/aromatic N) is 1. The lowest BCUT2D eigenvalue weighted by molar-refractivity contribution is -0.117. The van der Waals surface area contributed by atoms with Crippen molar-refractivity contribution in [1.82, 2.24) is 5.32 Å². The molecule has 5 heteroatoms. The second kappa shape index (κ2) is 7.10. The highest BCUT2D eigenvalue weighted by Gasteiger charge is 2.10. The van der Waals surface area contributed by atoms with E-state index in [-0.39, 0.29) is 11.6 Å². The molecule has 5 nitrogen and oxygen atoms in total. The molecule has 0 spiro atoms. The highest BCUT2D eigenvalue weighted by atomic mass is 16.5. The van der Waals surface area contributed by atoms with Gasteiger partial charge in [-0.1, -0.05) is 12.1 Å². The first-order chi connectivity index (χ1) is 9.47. The molecule has 1 aromatic carbocycles. The fraction of sp³-hybridized carbons (Fsp3) is 0.267. The smallest absolute Gasteiger partial charge is 0.337 e. The fourth-order valence-corrected chi connectivity index (χ4v) is 1.49. The number of hydrogen-bond acceptors (Lipinski definition) is 4. The first-order valence-corrected chi connectivity index (χ1v) is 6.09. The molecule has 0 bridgehead atoms. The van der Waals surface area contributed by atoms with Crippen LogP contribution in [0.4, 0.5) is 0 Å². The number of amides is 1. The van der Waals surface area contributed by atoms with Crippen molar-refractivity contribution >= 4 is 18.0 Å². The maximum absolute atomic E-state index is 11.7. The van der Waals surface area contributed by atoms with Crippen LogP contribution in [0.3, 0.4) is 0 Å². The third kappa shape index (κ3) is 4.25. The van der Waals surface area contributed by atoms with Gasteiger partial charge in [0, 0.05) is 6.04 Å². The summed E-state index contributed by atoms with van der Waals surface area (Å²) >= 11 is 0. The lowest BCUT2D eigenvalue weighted by Gasteiger charge is -2.07. The summed E-state index contributed by atoms with van der Waals surface area (Å²) in [4.78, 5) is 23.0. The van der Waals surface area contributed by atoms with Crippen molar-refractivity contribution in [3.05, 3.63) is 41.0 Å². The zero-order valence-corrected chi connectivity index (χ0v) is 11.6. The van der Waals surface area contributed by atoms with Crippen LogP contribution in [-0.2, 0) is 9.53 Å². The van der Waals surface area contributed by atoms with Crippen molar-refractivity contribution in [1.29, 1.82) is 5.26 Å². The second-order valence-electron chi connectivity index (χ2n) is 4.41. The van der Waals surface area contributed by atoms with Gasteiger partial charge in [-0.05, 0) is 37.6 Å². The molecular weight excluding hydrogens is 256 g/mol. The number of nitrogens with one attached hydrogen (secondary N) is 1. The minimum Gasteiger partial charge on any atom is -0.465 e. The Morgan fingerprint density at radius 2 is 1.90 bits per heavy atom. The number of nitriles is 1. The average Bonchev–Trinajstić information content (AvgIpc) is 2.43. The molecule has 0 aliphatic carbocycles. The van der Waals surface area contributed by atoms with E-state index in [0.29, 0.717) is 11.1 Å². The van der Waals surface area contributed by atoms with E-state index in [1.807, 2.05) is 19.9 Å². The third-order valence-corrected chi connectivity index (χ3v) is 2.43. The van der Waals surface area contributed by atoms with Gasteiger partial charge >= 0.3 is 5.97 Å². The average molecular weight is 272 g/mol. The molecule has 104 valence electrons. The normalized spacial score (nSPS) is 10.8. The number of ether oxygens (including phenoxy) is 1. The summed E-state index contributed by atoms with van der Waals surface area (Å²) in [5.41, 5.74) is 1.09. The molecule has 0 heterocycles. The van der Waals surface area contributed by atoms with Gasteiger partial charge in [0.15, 0.2) is 0 Å². The Balaban J connectivity index is 2.94. The Hall–Kier alpha value is -2.61. The quantitative estimate of drug-likeness (QED) is 0.516. The van der Waals surface area contributed by atoms with Crippen LogP contribution >= 0.6 is 0 Å². The molecule has 1 aromatic rings. The molecule has 0 unspecified atom stereocenters. The molecular formula is C15H16N2O3. The number of hydrogen-bond donors (Lipinski definition) is 1. The topological polar surface area (TPSA) is 79.2 Å².